The summed E-state index contributed by atoms with van der Waals surface area (Å²) in [7, 11) is -3.76. The Hall–Kier alpha value is -2.60. The van der Waals surface area contributed by atoms with Crippen LogP contribution < -0.4 is 4.72 Å². The number of H-pyrrole nitrogens is 1. The molecular formula is C22H24N2O3S. The lowest BCUT2D eigenvalue weighted by atomic mass is 9.94. The number of benzene rings is 2. The maximum absolute atomic E-state index is 13.2. The van der Waals surface area contributed by atoms with Crippen LogP contribution in [0.1, 0.15) is 52.5 Å². The minimum atomic E-state index is -3.76. The number of aromatic amines is 1. The normalized spacial score (nSPS) is 14.3. The van der Waals surface area contributed by atoms with Gasteiger partial charge in [0.05, 0.1) is 10.6 Å². The summed E-state index contributed by atoms with van der Waals surface area (Å²) in [5.74, 6) is 0.138. The molecular weight excluding hydrogens is 372 g/mol. The maximum Gasteiger partial charge on any atom is 0.262 e. The van der Waals surface area contributed by atoms with E-state index in [0.29, 0.717) is 29.6 Å². The predicted molar refractivity (Wildman–Crippen MR) is 112 cm³/mol. The molecule has 146 valence electrons. The van der Waals surface area contributed by atoms with Crippen molar-refractivity contribution >= 4 is 32.4 Å². The molecule has 3 aromatic rings. The number of nitrogens with one attached hydrogen (secondary N) is 2. The standard InChI is InChI=1S/C22H24N2O3S/c1-4-15-11-16-19(23-17-6-5-7-20(25)22(16)17)12-21(15)28(26,27)24-18-10-13(2)8-9-14(18)3/h8-12,23-24H,4-7H2,1-3H3. The molecule has 0 spiro atoms. The number of anilines is 1. The molecule has 0 saturated heterocycles. The highest BCUT2D eigenvalue weighted by Gasteiger charge is 2.26. The van der Waals surface area contributed by atoms with E-state index in [4.69, 9.17) is 0 Å². The Morgan fingerprint density at radius 3 is 2.64 bits per heavy atom. The molecule has 0 bridgehead atoms. The highest BCUT2D eigenvalue weighted by atomic mass is 32.2. The number of Topliss-reactive ketones (excluding diaryl/α,β-unsaturated/α-hetero) is 1. The maximum atomic E-state index is 13.2. The minimum absolute atomic E-state index is 0.138. The van der Waals surface area contributed by atoms with Gasteiger partial charge in [0, 0.05) is 28.6 Å². The number of aromatic nitrogens is 1. The quantitative estimate of drug-likeness (QED) is 0.673. The molecule has 1 aliphatic rings. The lowest BCUT2D eigenvalue weighted by Crippen LogP contribution is -2.16. The smallest absolute Gasteiger partial charge is 0.262 e. The molecule has 2 N–H and O–H groups in total. The third-order valence-electron chi connectivity index (χ3n) is 5.47. The van der Waals surface area contributed by atoms with Crippen LogP contribution in [-0.2, 0) is 22.9 Å². The Kier molecular flexibility index (Phi) is 4.54. The fourth-order valence-electron chi connectivity index (χ4n) is 3.95. The van der Waals surface area contributed by atoms with Gasteiger partial charge in [0.25, 0.3) is 10.0 Å². The average Bonchev–Trinajstić information content (AvgIpc) is 3.02. The fraction of sp³-hybridized carbons (Fsp3) is 0.318. The molecule has 1 heterocycles. The second kappa shape index (κ2) is 6.78. The molecule has 0 atom stereocenters. The summed E-state index contributed by atoms with van der Waals surface area (Å²) in [4.78, 5) is 15.9. The average molecular weight is 397 g/mol. The summed E-state index contributed by atoms with van der Waals surface area (Å²) in [5, 5.41) is 0.835. The van der Waals surface area contributed by atoms with Gasteiger partial charge in [0.1, 0.15) is 0 Å². The third-order valence-corrected chi connectivity index (χ3v) is 6.92. The number of hydrogen-bond donors (Lipinski definition) is 2. The van der Waals surface area contributed by atoms with E-state index in [1.807, 2.05) is 45.0 Å². The Bertz CT molecular complexity index is 1210. The Morgan fingerprint density at radius 1 is 1.11 bits per heavy atom. The number of hydrogen-bond acceptors (Lipinski definition) is 3. The van der Waals surface area contributed by atoms with Crippen molar-refractivity contribution in [2.45, 2.75) is 51.3 Å². The molecule has 1 aromatic heterocycles. The molecule has 0 aliphatic heterocycles. The second-order valence-corrected chi connectivity index (χ2v) is 9.19. The van der Waals surface area contributed by atoms with Gasteiger partial charge in [-0.1, -0.05) is 19.1 Å². The molecule has 1 aliphatic carbocycles. The van der Waals surface area contributed by atoms with Crippen LogP contribution in [0.25, 0.3) is 10.9 Å². The first kappa shape index (κ1) is 18.7. The Morgan fingerprint density at radius 2 is 1.89 bits per heavy atom. The topological polar surface area (TPSA) is 79.0 Å². The number of fused-ring (bicyclic) bond motifs is 3. The summed E-state index contributed by atoms with van der Waals surface area (Å²) in [6, 6.07) is 9.24. The zero-order valence-corrected chi connectivity index (χ0v) is 17.2. The van der Waals surface area contributed by atoms with Gasteiger partial charge >= 0.3 is 0 Å². The minimum Gasteiger partial charge on any atom is -0.358 e. The fourth-order valence-corrected chi connectivity index (χ4v) is 5.39. The van der Waals surface area contributed by atoms with Crippen LogP contribution in [0.3, 0.4) is 0 Å². The molecule has 6 heteroatoms. The number of rotatable bonds is 4. The van der Waals surface area contributed by atoms with Crippen molar-refractivity contribution in [1.82, 2.24) is 4.98 Å². The molecule has 0 amide bonds. The molecule has 0 unspecified atom stereocenters. The Balaban J connectivity index is 1.85. The van der Waals surface area contributed by atoms with Crippen molar-refractivity contribution in [1.29, 1.82) is 0 Å². The molecule has 0 saturated carbocycles. The molecule has 28 heavy (non-hydrogen) atoms. The molecule has 2 aromatic carbocycles. The molecule has 0 radical (unpaired) electrons. The first-order valence-corrected chi connectivity index (χ1v) is 11.1. The van der Waals surface area contributed by atoms with Crippen LogP contribution in [0.4, 0.5) is 5.69 Å². The van der Waals surface area contributed by atoms with Crippen LogP contribution in [0.2, 0.25) is 0 Å². The van der Waals surface area contributed by atoms with Gasteiger partial charge in [-0.25, -0.2) is 8.42 Å². The first-order valence-electron chi connectivity index (χ1n) is 9.61. The summed E-state index contributed by atoms with van der Waals surface area (Å²) in [5.41, 5.74) is 5.53. The van der Waals surface area contributed by atoms with E-state index in [2.05, 4.69) is 9.71 Å². The zero-order chi connectivity index (χ0) is 20.1. The van der Waals surface area contributed by atoms with Crippen molar-refractivity contribution in [3.8, 4) is 0 Å². The number of sulfonamides is 1. The van der Waals surface area contributed by atoms with Crippen LogP contribution in [0, 0.1) is 13.8 Å². The lowest BCUT2D eigenvalue weighted by molar-refractivity contribution is 0.0974. The van der Waals surface area contributed by atoms with E-state index in [1.165, 1.54) is 0 Å². The molecule has 5 nitrogen and oxygen atoms in total. The van der Waals surface area contributed by atoms with Crippen LogP contribution in [0.5, 0.6) is 0 Å². The monoisotopic (exact) mass is 396 g/mol. The highest BCUT2D eigenvalue weighted by Crippen LogP contribution is 2.33. The van der Waals surface area contributed by atoms with E-state index < -0.39 is 10.0 Å². The third kappa shape index (κ3) is 3.11. The van der Waals surface area contributed by atoms with E-state index in [9.17, 15) is 13.2 Å². The van der Waals surface area contributed by atoms with E-state index >= 15 is 0 Å². The van der Waals surface area contributed by atoms with Gasteiger partial charge in [-0.3, -0.25) is 9.52 Å². The van der Waals surface area contributed by atoms with Gasteiger partial charge in [0.2, 0.25) is 0 Å². The molecule has 0 fully saturated rings. The Labute approximate surface area is 165 Å². The van der Waals surface area contributed by atoms with Gasteiger partial charge in [0.15, 0.2) is 5.78 Å². The van der Waals surface area contributed by atoms with Gasteiger partial charge < -0.3 is 4.98 Å². The highest BCUT2D eigenvalue weighted by molar-refractivity contribution is 7.92. The van der Waals surface area contributed by atoms with Crippen LogP contribution in [-0.4, -0.2) is 19.2 Å². The van der Waals surface area contributed by atoms with Crippen LogP contribution >= 0.6 is 0 Å². The zero-order valence-electron chi connectivity index (χ0n) is 16.3. The number of carbonyl (C=O) groups is 1. The second-order valence-electron chi connectivity index (χ2n) is 7.54. The first-order chi connectivity index (χ1) is 13.3. The van der Waals surface area contributed by atoms with E-state index in [-0.39, 0.29) is 10.7 Å². The van der Waals surface area contributed by atoms with Crippen molar-refractivity contribution in [3.05, 3.63) is 58.3 Å². The summed E-state index contributed by atoms with van der Waals surface area (Å²) >= 11 is 0. The number of carbonyl (C=O) groups excluding carboxylic acids is 1. The summed E-state index contributed by atoms with van der Waals surface area (Å²) in [6.45, 7) is 5.74. The summed E-state index contributed by atoms with van der Waals surface area (Å²) in [6.07, 6.45) is 2.77. The number of ketones is 1. The van der Waals surface area contributed by atoms with Crippen molar-refractivity contribution in [3.63, 3.8) is 0 Å². The predicted octanol–water partition coefficient (Wildman–Crippen LogP) is 4.67. The number of aryl methyl sites for hydroxylation is 4. The van der Waals surface area contributed by atoms with Crippen molar-refractivity contribution < 1.29 is 13.2 Å². The van der Waals surface area contributed by atoms with Crippen molar-refractivity contribution in [2.24, 2.45) is 0 Å². The van der Waals surface area contributed by atoms with Gasteiger partial charge in [-0.05, 0) is 68.0 Å². The SMILES string of the molecule is CCc1cc2c3c([nH]c2cc1S(=O)(=O)Nc1cc(C)ccc1C)CCCC3=O. The summed E-state index contributed by atoms with van der Waals surface area (Å²) < 4.78 is 29.2. The largest absolute Gasteiger partial charge is 0.358 e. The molecule has 4 rings (SSSR count). The van der Waals surface area contributed by atoms with Crippen LogP contribution in [0.15, 0.2) is 35.2 Å². The lowest BCUT2D eigenvalue weighted by Gasteiger charge is -2.14. The van der Waals surface area contributed by atoms with Gasteiger partial charge in [-0.15, -0.1) is 0 Å². The van der Waals surface area contributed by atoms with Crippen molar-refractivity contribution in [2.75, 3.05) is 4.72 Å². The van der Waals surface area contributed by atoms with E-state index in [1.54, 1.807) is 6.07 Å². The van der Waals surface area contributed by atoms with E-state index in [0.717, 1.165) is 40.6 Å². The van der Waals surface area contributed by atoms with Gasteiger partial charge in [-0.2, -0.15) is 0 Å².